The van der Waals surface area contributed by atoms with E-state index >= 15 is 0 Å². The molecule has 3 atom stereocenters. The molecule has 0 N–H and O–H groups in total. The van der Waals surface area contributed by atoms with Crippen molar-refractivity contribution in [1.82, 2.24) is 0 Å². The number of anilines is 1. The quantitative estimate of drug-likeness (QED) is 0.385. The zero-order valence-corrected chi connectivity index (χ0v) is 20.6. The third kappa shape index (κ3) is 2.84. The van der Waals surface area contributed by atoms with Gasteiger partial charge in [-0.3, -0.25) is 14.4 Å². The maximum absolute atomic E-state index is 14.3. The number of carbonyl (C=O) groups is 3. The van der Waals surface area contributed by atoms with Crippen LogP contribution in [0.2, 0.25) is 10.0 Å². The lowest BCUT2D eigenvalue weighted by atomic mass is 9.64. The van der Waals surface area contributed by atoms with Crippen molar-refractivity contribution in [3.63, 3.8) is 0 Å². The van der Waals surface area contributed by atoms with E-state index in [1.54, 1.807) is 42.5 Å². The molecule has 3 aromatic rings. The molecule has 1 spiro atoms. The van der Waals surface area contributed by atoms with Crippen molar-refractivity contribution in [2.24, 2.45) is 5.41 Å². The second-order valence-corrected chi connectivity index (χ2v) is 10.4. The van der Waals surface area contributed by atoms with Crippen molar-refractivity contribution < 1.29 is 14.4 Å². The first-order valence-corrected chi connectivity index (χ1v) is 12.2. The van der Waals surface area contributed by atoms with Gasteiger partial charge in [-0.15, -0.1) is 0 Å². The molecular formula is C29H21Cl2NO3. The van der Waals surface area contributed by atoms with Crippen molar-refractivity contribution in [3.8, 4) is 0 Å². The van der Waals surface area contributed by atoms with Gasteiger partial charge in [-0.1, -0.05) is 77.8 Å². The predicted octanol–water partition coefficient (Wildman–Crippen LogP) is 6.32. The molecule has 2 heterocycles. The highest BCUT2D eigenvalue weighted by atomic mass is 35.5. The Balaban J connectivity index is 1.71. The van der Waals surface area contributed by atoms with E-state index in [0.29, 0.717) is 26.7 Å². The normalized spacial score (nSPS) is 23.4. The monoisotopic (exact) mass is 501 g/mol. The summed E-state index contributed by atoms with van der Waals surface area (Å²) >= 11 is 12.9. The Morgan fingerprint density at radius 3 is 2.26 bits per heavy atom. The topological polar surface area (TPSA) is 54.5 Å². The largest absolute Gasteiger partial charge is 0.352 e. The minimum absolute atomic E-state index is 0.137. The predicted molar refractivity (Wildman–Crippen MR) is 138 cm³/mol. The minimum atomic E-state index is -1.53. The highest BCUT2D eigenvalue weighted by Crippen LogP contribution is 2.61. The Labute approximate surface area is 213 Å². The number of fused-ring (bicyclic) bond motifs is 5. The Hall–Kier alpha value is -3.21. The Morgan fingerprint density at radius 2 is 1.63 bits per heavy atom. The average Bonchev–Trinajstić information content (AvgIpc) is 3.26. The Morgan fingerprint density at radius 1 is 0.943 bits per heavy atom. The van der Waals surface area contributed by atoms with Crippen molar-refractivity contribution in [3.05, 3.63) is 105 Å². The Kier molecular flexibility index (Phi) is 4.86. The molecule has 3 aliphatic rings. The van der Waals surface area contributed by atoms with E-state index < -0.39 is 23.4 Å². The molecule has 1 saturated heterocycles. The summed E-state index contributed by atoms with van der Waals surface area (Å²) in [5, 5.41) is 0.772. The molecule has 1 fully saturated rings. The summed E-state index contributed by atoms with van der Waals surface area (Å²) in [5.41, 5.74) is 2.61. The maximum atomic E-state index is 14.3. The molecule has 174 valence electrons. The van der Waals surface area contributed by atoms with Crippen LogP contribution in [0.4, 0.5) is 5.69 Å². The highest BCUT2D eigenvalue weighted by Gasteiger charge is 2.71. The van der Waals surface area contributed by atoms with Gasteiger partial charge in [0.1, 0.15) is 5.41 Å². The van der Waals surface area contributed by atoms with Crippen molar-refractivity contribution in [2.75, 3.05) is 4.90 Å². The van der Waals surface area contributed by atoms with E-state index in [0.717, 1.165) is 16.8 Å². The first kappa shape index (κ1) is 22.3. The number of ketones is 3. The zero-order valence-electron chi connectivity index (χ0n) is 19.1. The van der Waals surface area contributed by atoms with Gasteiger partial charge in [0.2, 0.25) is 0 Å². The summed E-state index contributed by atoms with van der Waals surface area (Å²) < 4.78 is 0. The first-order valence-electron chi connectivity index (χ1n) is 11.5. The fraction of sp³-hybridized carbons (Fsp3) is 0.207. The first-order chi connectivity index (χ1) is 16.8. The van der Waals surface area contributed by atoms with Gasteiger partial charge < -0.3 is 4.90 Å². The van der Waals surface area contributed by atoms with Gasteiger partial charge in [-0.25, -0.2) is 0 Å². The molecule has 4 nitrogen and oxygen atoms in total. The highest BCUT2D eigenvalue weighted by molar-refractivity contribution is 6.36. The van der Waals surface area contributed by atoms with Gasteiger partial charge in [0.05, 0.1) is 12.1 Å². The number of nitrogens with zero attached hydrogens (tertiary/aromatic N) is 1. The molecular weight excluding hydrogens is 481 g/mol. The van der Waals surface area contributed by atoms with Crippen LogP contribution in [0.3, 0.4) is 0 Å². The van der Waals surface area contributed by atoms with Crippen molar-refractivity contribution >= 4 is 52.3 Å². The van der Waals surface area contributed by atoms with Crippen molar-refractivity contribution in [1.29, 1.82) is 0 Å². The summed E-state index contributed by atoms with van der Waals surface area (Å²) in [5.74, 6) is -1.47. The summed E-state index contributed by atoms with van der Waals surface area (Å²) in [7, 11) is 0. The van der Waals surface area contributed by atoms with Crippen LogP contribution in [0, 0.1) is 12.3 Å². The Bertz CT molecular complexity index is 1460. The molecule has 35 heavy (non-hydrogen) atoms. The smallest absolute Gasteiger partial charge is 0.180 e. The SMILES string of the molecule is CC(=O)[C@@H]1[C@@H](c2ccc(Cl)cc2Cl)C2(C(=O)c3ccccc3C2=O)[C@@H]2C=Cc3ccc(C)cc3N12. The summed E-state index contributed by atoms with van der Waals surface area (Å²) in [4.78, 5) is 44.1. The molecule has 3 aromatic carbocycles. The molecule has 1 aliphatic carbocycles. The molecule has 0 radical (unpaired) electrons. The molecule has 6 rings (SSSR count). The third-order valence-electron chi connectivity index (χ3n) is 7.68. The van der Waals surface area contributed by atoms with Crippen LogP contribution < -0.4 is 4.90 Å². The van der Waals surface area contributed by atoms with Crippen LogP contribution in [0.25, 0.3) is 6.08 Å². The number of benzene rings is 3. The number of hydrogen-bond donors (Lipinski definition) is 0. The molecule has 0 amide bonds. The molecule has 6 heteroatoms. The van der Waals surface area contributed by atoms with Crippen molar-refractivity contribution in [2.45, 2.75) is 31.8 Å². The number of hydrogen-bond acceptors (Lipinski definition) is 4. The number of aryl methyl sites for hydroxylation is 1. The van der Waals surface area contributed by atoms with E-state index in [4.69, 9.17) is 23.2 Å². The molecule has 0 unspecified atom stereocenters. The maximum Gasteiger partial charge on any atom is 0.180 e. The van der Waals surface area contributed by atoms with Gasteiger partial charge >= 0.3 is 0 Å². The van der Waals surface area contributed by atoms with Crippen LogP contribution in [0.15, 0.2) is 66.7 Å². The van der Waals surface area contributed by atoms with Crippen LogP contribution in [-0.4, -0.2) is 29.4 Å². The molecule has 2 aliphatic heterocycles. The van der Waals surface area contributed by atoms with E-state index in [9.17, 15) is 14.4 Å². The number of halogens is 2. The number of Topliss-reactive ketones (excluding diaryl/α,β-unsaturated/α-hetero) is 3. The molecule has 0 aromatic heterocycles. The fourth-order valence-electron chi connectivity index (χ4n) is 6.32. The van der Waals surface area contributed by atoms with Crippen LogP contribution in [0.5, 0.6) is 0 Å². The third-order valence-corrected chi connectivity index (χ3v) is 8.24. The summed E-state index contributed by atoms with van der Waals surface area (Å²) in [6.45, 7) is 3.50. The lowest BCUT2D eigenvalue weighted by Crippen LogP contribution is -2.48. The second kappa shape index (κ2) is 7.64. The van der Waals surface area contributed by atoms with Crippen LogP contribution in [-0.2, 0) is 4.79 Å². The molecule has 0 saturated carbocycles. The van der Waals surface area contributed by atoms with Gasteiger partial charge in [0, 0.05) is 32.8 Å². The standard InChI is InChI=1S/C29H21Cl2NO3/c1-15-7-8-17-9-12-24-29(27(34)19-5-3-4-6-20(19)28(29)35)25(21-11-10-18(30)14-22(21)31)26(16(2)33)32(24)23(17)13-15/h3-14,24-26H,1-2H3/t24-,25+,26+/m0/s1. The minimum Gasteiger partial charge on any atom is -0.352 e. The summed E-state index contributed by atoms with van der Waals surface area (Å²) in [6, 6.07) is 16.6. The van der Waals surface area contributed by atoms with Crippen LogP contribution in [0.1, 0.15) is 50.2 Å². The second-order valence-electron chi connectivity index (χ2n) is 9.55. The van der Waals surface area contributed by atoms with E-state index in [2.05, 4.69) is 0 Å². The lowest BCUT2D eigenvalue weighted by molar-refractivity contribution is -0.118. The fourth-order valence-corrected chi connectivity index (χ4v) is 6.85. The summed E-state index contributed by atoms with van der Waals surface area (Å²) in [6.07, 6.45) is 3.85. The number of carbonyl (C=O) groups excluding carboxylic acids is 3. The van der Waals surface area contributed by atoms with E-state index in [1.807, 2.05) is 42.2 Å². The van der Waals surface area contributed by atoms with E-state index in [-0.39, 0.29) is 17.3 Å². The van der Waals surface area contributed by atoms with Gasteiger partial charge in [-0.05, 0) is 48.7 Å². The van der Waals surface area contributed by atoms with E-state index in [1.165, 1.54) is 6.92 Å². The van der Waals surface area contributed by atoms with Gasteiger partial charge in [0.15, 0.2) is 17.3 Å². The average molecular weight is 502 g/mol. The van der Waals surface area contributed by atoms with Gasteiger partial charge in [0.25, 0.3) is 0 Å². The van der Waals surface area contributed by atoms with Gasteiger partial charge in [-0.2, -0.15) is 0 Å². The van der Waals surface area contributed by atoms with Crippen LogP contribution >= 0.6 is 23.2 Å². The molecule has 0 bridgehead atoms. The number of rotatable bonds is 2. The zero-order chi connectivity index (χ0) is 24.6. The lowest BCUT2D eigenvalue weighted by Gasteiger charge is -2.37.